The molecule has 1 aliphatic heterocycles. The minimum atomic E-state index is 0.108. The van der Waals surface area contributed by atoms with Crippen LogP contribution in [0, 0.1) is 11.3 Å². The lowest BCUT2D eigenvalue weighted by Crippen LogP contribution is -2.30. The molecule has 1 unspecified atom stereocenters. The summed E-state index contributed by atoms with van der Waals surface area (Å²) in [4.78, 5) is 12.8. The van der Waals surface area contributed by atoms with Crippen LogP contribution >= 0.6 is 11.3 Å². The number of nitrogens with zero attached hydrogens (tertiary/aromatic N) is 1. The lowest BCUT2D eigenvalue weighted by molar-refractivity contribution is -0.119. The molecule has 1 aromatic heterocycles. The van der Waals surface area contributed by atoms with Crippen LogP contribution in [-0.2, 0) is 11.3 Å². The predicted molar refractivity (Wildman–Crippen MR) is 57.3 cm³/mol. The van der Waals surface area contributed by atoms with E-state index in [4.69, 9.17) is 5.26 Å². The van der Waals surface area contributed by atoms with Gasteiger partial charge in [0.25, 0.3) is 0 Å². The Morgan fingerprint density at radius 2 is 2.53 bits per heavy atom. The summed E-state index contributed by atoms with van der Waals surface area (Å²) in [5.74, 6) is 0.108. The minimum Gasteiger partial charge on any atom is -0.354 e. The number of nitrogens with one attached hydrogen (secondary N) is 2. The third-order valence-electron chi connectivity index (χ3n) is 2.31. The van der Waals surface area contributed by atoms with Gasteiger partial charge in [0.2, 0.25) is 5.91 Å². The summed E-state index contributed by atoms with van der Waals surface area (Å²) in [6.07, 6.45) is 0.552. The second kappa shape index (κ2) is 4.43. The Labute approximate surface area is 91.9 Å². The number of nitriles is 1. The fourth-order valence-corrected chi connectivity index (χ4v) is 2.28. The first-order chi connectivity index (χ1) is 7.28. The zero-order valence-electron chi connectivity index (χ0n) is 8.12. The van der Waals surface area contributed by atoms with E-state index in [1.54, 1.807) is 0 Å². The average molecular weight is 221 g/mol. The van der Waals surface area contributed by atoms with Crippen molar-refractivity contribution >= 4 is 17.2 Å². The smallest absolute Gasteiger partial charge is 0.221 e. The van der Waals surface area contributed by atoms with Crippen LogP contribution in [-0.4, -0.2) is 18.5 Å². The van der Waals surface area contributed by atoms with Gasteiger partial charge in [-0.15, -0.1) is 11.3 Å². The number of carbonyl (C=O) groups excluding carboxylic acids is 1. The van der Waals surface area contributed by atoms with Crippen LogP contribution in [0.3, 0.4) is 0 Å². The Hall–Kier alpha value is -1.38. The highest BCUT2D eigenvalue weighted by Gasteiger charge is 2.20. The van der Waals surface area contributed by atoms with Crippen LogP contribution in [0.25, 0.3) is 0 Å². The van der Waals surface area contributed by atoms with Gasteiger partial charge >= 0.3 is 0 Å². The molecule has 4 nitrogen and oxygen atoms in total. The molecule has 78 valence electrons. The molecular weight excluding hydrogens is 210 g/mol. The van der Waals surface area contributed by atoms with Crippen LogP contribution in [0.1, 0.15) is 16.2 Å². The highest BCUT2D eigenvalue weighted by Crippen LogP contribution is 2.15. The van der Waals surface area contributed by atoms with Crippen LogP contribution in [0.5, 0.6) is 0 Å². The summed E-state index contributed by atoms with van der Waals surface area (Å²) in [6, 6.07) is 6.10. The summed E-state index contributed by atoms with van der Waals surface area (Å²) in [5, 5.41) is 14.7. The van der Waals surface area contributed by atoms with Crippen molar-refractivity contribution < 1.29 is 4.79 Å². The summed E-state index contributed by atoms with van der Waals surface area (Å²) >= 11 is 1.49. The number of thiophene rings is 1. The van der Waals surface area contributed by atoms with E-state index in [1.807, 2.05) is 12.1 Å². The molecule has 0 aliphatic carbocycles. The molecule has 1 amide bonds. The van der Waals surface area contributed by atoms with Crippen molar-refractivity contribution in [2.75, 3.05) is 6.54 Å². The summed E-state index contributed by atoms with van der Waals surface area (Å²) in [5.41, 5.74) is 0. The third-order valence-corrected chi connectivity index (χ3v) is 3.30. The lowest BCUT2D eigenvalue weighted by atomic mass is 10.2. The average Bonchev–Trinajstić information content (AvgIpc) is 2.83. The van der Waals surface area contributed by atoms with Gasteiger partial charge in [-0.3, -0.25) is 4.79 Å². The van der Waals surface area contributed by atoms with Gasteiger partial charge in [0.05, 0.1) is 0 Å². The van der Waals surface area contributed by atoms with E-state index in [-0.39, 0.29) is 11.9 Å². The van der Waals surface area contributed by atoms with E-state index < -0.39 is 0 Å². The van der Waals surface area contributed by atoms with Gasteiger partial charge in [-0.2, -0.15) is 5.26 Å². The number of hydrogen-bond donors (Lipinski definition) is 2. The molecule has 2 rings (SSSR count). The zero-order valence-corrected chi connectivity index (χ0v) is 8.93. The maximum absolute atomic E-state index is 10.9. The van der Waals surface area contributed by atoms with Gasteiger partial charge in [0.15, 0.2) is 0 Å². The van der Waals surface area contributed by atoms with Gasteiger partial charge < -0.3 is 10.6 Å². The molecule has 0 radical (unpaired) electrons. The van der Waals surface area contributed by atoms with E-state index in [9.17, 15) is 4.79 Å². The Balaban J connectivity index is 1.83. The molecule has 1 fully saturated rings. The third kappa shape index (κ3) is 2.55. The highest BCUT2D eigenvalue weighted by atomic mass is 32.1. The van der Waals surface area contributed by atoms with E-state index >= 15 is 0 Å². The van der Waals surface area contributed by atoms with E-state index in [0.29, 0.717) is 13.0 Å². The Kier molecular flexibility index (Phi) is 2.99. The molecule has 1 atom stereocenters. The van der Waals surface area contributed by atoms with Crippen LogP contribution in [0.2, 0.25) is 0 Å². The first kappa shape index (κ1) is 10.1. The van der Waals surface area contributed by atoms with E-state index in [0.717, 1.165) is 16.3 Å². The molecule has 1 aromatic rings. The molecule has 2 N–H and O–H groups in total. The number of rotatable bonds is 3. The standard InChI is InChI=1S/C10H11N3OS/c11-4-8-1-2-9(15-8)6-12-7-3-10(14)13-5-7/h1-2,7,12H,3,5-6H2,(H,13,14). The molecule has 2 heterocycles. The molecule has 15 heavy (non-hydrogen) atoms. The van der Waals surface area contributed by atoms with Crippen molar-refractivity contribution in [1.29, 1.82) is 5.26 Å². The van der Waals surface area contributed by atoms with E-state index in [1.165, 1.54) is 11.3 Å². The SMILES string of the molecule is N#Cc1ccc(CNC2CNC(=O)C2)s1. The van der Waals surface area contributed by atoms with Crippen molar-refractivity contribution in [1.82, 2.24) is 10.6 Å². The zero-order chi connectivity index (χ0) is 10.7. The molecule has 0 aromatic carbocycles. The topological polar surface area (TPSA) is 64.9 Å². The fraction of sp³-hybridized carbons (Fsp3) is 0.400. The number of amides is 1. The monoisotopic (exact) mass is 221 g/mol. The summed E-state index contributed by atoms with van der Waals surface area (Å²) in [7, 11) is 0. The largest absolute Gasteiger partial charge is 0.354 e. The van der Waals surface area contributed by atoms with Crippen molar-refractivity contribution in [3.63, 3.8) is 0 Å². The fourth-order valence-electron chi connectivity index (χ4n) is 1.53. The molecule has 1 saturated heterocycles. The van der Waals surface area contributed by atoms with E-state index in [2.05, 4.69) is 16.7 Å². The summed E-state index contributed by atoms with van der Waals surface area (Å²) < 4.78 is 0. The molecular formula is C10H11N3OS. The molecule has 0 spiro atoms. The van der Waals surface area contributed by atoms with Crippen molar-refractivity contribution in [2.45, 2.75) is 19.0 Å². The van der Waals surface area contributed by atoms with Crippen LogP contribution in [0.15, 0.2) is 12.1 Å². The normalized spacial score (nSPS) is 19.9. The van der Waals surface area contributed by atoms with Gasteiger partial charge in [-0.05, 0) is 12.1 Å². The molecule has 0 bridgehead atoms. The van der Waals surface area contributed by atoms with Crippen molar-refractivity contribution in [3.05, 3.63) is 21.9 Å². The second-order valence-corrected chi connectivity index (χ2v) is 4.63. The molecule has 1 aliphatic rings. The second-order valence-electron chi connectivity index (χ2n) is 3.46. The van der Waals surface area contributed by atoms with Gasteiger partial charge in [0, 0.05) is 30.4 Å². The number of carbonyl (C=O) groups is 1. The predicted octanol–water partition coefficient (Wildman–Crippen LogP) is 0.598. The number of hydrogen-bond acceptors (Lipinski definition) is 4. The Morgan fingerprint density at radius 1 is 1.67 bits per heavy atom. The lowest BCUT2D eigenvalue weighted by Gasteiger charge is -2.07. The maximum atomic E-state index is 10.9. The van der Waals surface area contributed by atoms with Crippen LogP contribution < -0.4 is 10.6 Å². The molecule has 5 heteroatoms. The first-order valence-electron chi connectivity index (χ1n) is 4.77. The van der Waals surface area contributed by atoms with Gasteiger partial charge in [0.1, 0.15) is 10.9 Å². The quantitative estimate of drug-likeness (QED) is 0.785. The van der Waals surface area contributed by atoms with Gasteiger partial charge in [-0.25, -0.2) is 0 Å². The Morgan fingerprint density at radius 3 is 3.13 bits per heavy atom. The first-order valence-corrected chi connectivity index (χ1v) is 5.58. The maximum Gasteiger partial charge on any atom is 0.221 e. The van der Waals surface area contributed by atoms with Crippen LogP contribution in [0.4, 0.5) is 0 Å². The molecule has 0 saturated carbocycles. The minimum absolute atomic E-state index is 0.108. The Bertz CT molecular complexity index is 407. The van der Waals surface area contributed by atoms with Crippen molar-refractivity contribution in [3.8, 4) is 6.07 Å². The highest BCUT2D eigenvalue weighted by molar-refractivity contribution is 7.12. The summed E-state index contributed by atoms with van der Waals surface area (Å²) in [6.45, 7) is 1.43. The van der Waals surface area contributed by atoms with Crippen molar-refractivity contribution in [2.24, 2.45) is 0 Å². The van der Waals surface area contributed by atoms with Gasteiger partial charge in [-0.1, -0.05) is 0 Å².